The first-order chi connectivity index (χ1) is 11.2. The third-order valence-electron chi connectivity index (χ3n) is 4.55. The molecular formula is C18H15FN2OS. The zero-order valence-corrected chi connectivity index (χ0v) is 13.2. The van der Waals surface area contributed by atoms with Crippen LogP contribution in [0.25, 0.3) is 10.2 Å². The van der Waals surface area contributed by atoms with E-state index in [-0.39, 0.29) is 11.7 Å². The number of nitrogens with one attached hydrogen (secondary N) is 1. The van der Waals surface area contributed by atoms with Crippen LogP contribution >= 0.6 is 11.3 Å². The van der Waals surface area contributed by atoms with E-state index in [1.54, 1.807) is 18.2 Å². The number of fused-ring (bicyclic) bond motifs is 1. The molecule has 116 valence electrons. The summed E-state index contributed by atoms with van der Waals surface area (Å²) in [5.41, 5.74) is 0.592. The zero-order valence-electron chi connectivity index (χ0n) is 12.4. The van der Waals surface area contributed by atoms with Crippen molar-refractivity contribution >= 4 is 32.6 Å². The van der Waals surface area contributed by atoms with Gasteiger partial charge in [0, 0.05) is 5.56 Å². The van der Waals surface area contributed by atoms with Crippen LogP contribution in [-0.4, -0.2) is 10.9 Å². The first-order valence-electron chi connectivity index (χ1n) is 7.61. The highest BCUT2D eigenvalue weighted by Gasteiger charge is 2.47. The molecule has 0 radical (unpaired) electrons. The number of hydrogen-bond acceptors (Lipinski definition) is 3. The molecule has 1 aromatic heterocycles. The molecule has 0 saturated heterocycles. The third kappa shape index (κ3) is 2.32. The Morgan fingerprint density at radius 1 is 1.13 bits per heavy atom. The molecule has 23 heavy (non-hydrogen) atoms. The van der Waals surface area contributed by atoms with Crippen molar-refractivity contribution in [1.29, 1.82) is 0 Å². The zero-order chi connectivity index (χ0) is 15.9. The summed E-state index contributed by atoms with van der Waals surface area (Å²) in [6.45, 7) is 0. The maximum atomic E-state index is 14.2. The Kier molecular flexibility index (Phi) is 3.38. The minimum atomic E-state index is -0.761. The predicted octanol–water partition coefficient (Wildman–Crippen LogP) is 4.50. The Bertz CT molecular complexity index is 852. The Morgan fingerprint density at radius 3 is 2.57 bits per heavy atom. The average molecular weight is 326 g/mol. The van der Waals surface area contributed by atoms with Crippen molar-refractivity contribution in [2.45, 2.75) is 24.7 Å². The summed E-state index contributed by atoms with van der Waals surface area (Å²) in [5, 5.41) is 3.47. The van der Waals surface area contributed by atoms with Gasteiger partial charge in [0.05, 0.1) is 15.6 Å². The number of carbonyl (C=O) groups excluding carboxylic acids is 1. The normalized spacial score (nSPS) is 16.0. The Labute approximate surface area is 137 Å². The number of anilines is 1. The van der Waals surface area contributed by atoms with Gasteiger partial charge in [-0.2, -0.15) is 0 Å². The molecule has 1 aliphatic rings. The molecular weight excluding hydrogens is 311 g/mol. The molecule has 5 heteroatoms. The van der Waals surface area contributed by atoms with Gasteiger partial charge >= 0.3 is 0 Å². The van der Waals surface area contributed by atoms with E-state index in [0.717, 1.165) is 16.6 Å². The molecule has 0 spiro atoms. The van der Waals surface area contributed by atoms with Crippen molar-refractivity contribution in [2.75, 3.05) is 5.32 Å². The topological polar surface area (TPSA) is 42.0 Å². The number of halogens is 1. The van der Waals surface area contributed by atoms with Crippen LogP contribution in [0.4, 0.5) is 9.52 Å². The van der Waals surface area contributed by atoms with Crippen molar-refractivity contribution in [1.82, 2.24) is 4.98 Å². The molecule has 1 aliphatic carbocycles. The summed E-state index contributed by atoms with van der Waals surface area (Å²) in [6, 6.07) is 14.3. The maximum absolute atomic E-state index is 14.2. The number of para-hydroxylation sites is 1. The molecule has 3 aromatic rings. The minimum absolute atomic E-state index is 0.159. The highest BCUT2D eigenvalue weighted by atomic mass is 32.1. The van der Waals surface area contributed by atoms with Crippen molar-refractivity contribution in [3.05, 3.63) is 59.9 Å². The molecule has 1 heterocycles. The first kappa shape index (κ1) is 14.3. The van der Waals surface area contributed by atoms with E-state index in [9.17, 15) is 9.18 Å². The molecule has 0 aliphatic heterocycles. The van der Waals surface area contributed by atoms with Crippen LogP contribution in [0.2, 0.25) is 0 Å². The Balaban J connectivity index is 1.66. The Hall–Kier alpha value is -2.27. The quantitative estimate of drug-likeness (QED) is 0.770. The van der Waals surface area contributed by atoms with Gasteiger partial charge in [0.15, 0.2) is 5.13 Å². The summed E-state index contributed by atoms with van der Waals surface area (Å²) in [6.07, 6.45) is 2.27. The van der Waals surface area contributed by atoms with Crippen LogP contribution < -0.4 is 5.32 Å². The van der Waals surface area contributed by atoms with E-state index in [4.69, 9.17) is 0 Å². The van der Waals surface area contributed by atoms with E-state index < -0.39 is 5.41 Å². The lowest BCUT2D eigenvalue weighted by Gasteiger charge is -2.40. The summed E-state index contributed by atoms with van der Waals surface area (Å²) < 4.78 is 15.2. The van der Waals surface area contributed by atoms with Gasteiger partial charge in [-0.3, -0.25) is 4.79 Å². The second kappa shape index (κ2) is 5.42. The summed E-state index contributed by atoms with van der Waals surface area (Å²) in [7, 11) is 0. The van der Waals surface area contributed by atoms with E-state index in [0.29, 0.717) is 23.5 Å². The van der Waals surface area contributed by atoms with Gasteiger partial charge in [-0.25, -0.2) is 9.37 Å². The molecule has 4 rings (SSSR count). The molecule has 1 N–H and O–H groups in total. The summed E-state index contributed by atoms with van der Waals surface area (Å²) >= 11 is 1.44. The van der Waals surface area contributed by atoms with Crippen LogP contribution in [0.1, 0.15) is 24.8 Å². The lowest BCUT2D eigenvalue weighted by atomic mass is 9.63. The predicted molar refractivity (Wildman–Crippen MR) is 90.2 cm³/mol. The van der Waals surface area contributed by atoms with Gasteiger partial charge in [-0.15, -0.1) is 0 Å². The van der Waals surface area contributed by atoms with Gasteiger partial charge in [0.25, 0.3) is 0 Å². The first-order valence-corrected chi connectivity index (χ1v) is 8.43. The van der Waals surface area contributed by atoms with E-state index in [2.05, 4.69) is 10.3 Å². The molecule has 0 unspecified atom stereocenters. The average Bonchev–Trinajstić information content (AvgIpc) is 2.90. The highest BCUT2D eigenvalue weighted by Crippen LogP contribution is 2.45. The second-order valence-corrected chi connectivity index (χ2v) is 6.89. The number of thiazole rings is 1. The summed E-state index contributed by atoms with van der Waals surface area (Å²) in [4.78, 5) is 17.3. The van der Waals surface area contributed by atoms with Crippen LogP contribution in [0.15, 0.2) is 48.5 Å². The fraction of sp³-hybridized carbons (Fsp3) is 0.222. The fourth-order valence-corrected chi connectivity index (χ4v) is 4.00. The molecule has 1 fully saturated rings. The largest absolute Gasteiger partial charge is 0.301 e. The van der Waals surface area contributed by atoms with Gasteiger partial charge in [-0.05, 0) is 31.0 Å². The molecule has 1 amide bonds. The molecule has 0 bridgehead atoms. The lowest BCUT2D eigenvalue weighted by molar-refractivity contribution is -0.124. The monoisotopic (exact) mass is 326 g/mol. The number of hydrogen-bond donors (Lipinski definition) is 1. The number of aromatic nitrogens is 1. The number of carbonyl (C=O) groups is 1. The van der Waals surface area contributed by atoms with E-state index in [1.165, 1.54) is 17.4 Å². The minimum Gasteiger partial charge on any atom is -0.301 e. The molecule has 0 atom stereocenters. The van der Waals surface area contributed by atoms with Gasteiger partial charge in [0.1, 0.15) is 5.82 Å². The van der Waals surface area contributed by atoms with Gasteiger partial charge < -0.3 is 5.32 Å². The van der Waals surface area contributed by atoms with E-state index >= 15 is 0 Å². The summed E-state index contributed by atoms with van der Waals surface area (Å²) in [5.74, 6) is -0.473. The van der Waals surface area contributed by atoms with Crippen LogP contribution in [0.5, 0.6) is 0 Å². The number of amides is 1. The van der Waals surface area contributed by atoms with Crippen molar-refractivity contribution in [3.8, 4) is 0 Å². The number of nitrogens with zero attached hydrogens (tertiary/aromatic N) is 1. The Morgan fingerprint density at radius 2 is 1.87 bits per heavy atom. The third-order valence-corrected chi connectivity index (χ3v) is 5.50. The number of rotatable bonds is 3. The van der Waals surface area contributed by atoms with Crippen molar-refractivity contribution < 1.29 is 9.18 Å². The van der Waals surface area contributed by atoms with E-state index in [1.807, 2.05) is 24.3 Å². The van der Waals surface area contributed by atoms with Gasteiger partial charge in [-0.1, -0.05) is 48.1 Å². The number of benzene rings is 2. The maximum Gasteiger partial charge on any atom is 0.236 e. The van der Waals surface area contributed by atoms with Crippen LogP contribution in [0, 0.1) is 5.82 Å². The van der Waals surface area contributed by atoms with Crippen LogP contribution in [-0.2, 0) is 10.2 Å². The van der Waals surface area contributed by atoms with Crippen molar-refractivity contribution in [3.63, 3.8) is 0 Å². The highest BCUT2D eigenvalue weighted by molar-refractivity contribution is 7.22. The molecule has 2 aromatic carbocycles. The SMILES string of the molecule is O=C(Nc1nc2ccccc2s1)C1(c2ccccc2F)CCC1. The van der Waals surface area contributed by atoms with Crippen molar-refractivity contribution in [2.24, 2.45) is 0 Å². The molecule has 3 nitrogen and oxygen atoms in total. The standard InChI is InChI=1S/C18H15FN2OS/c19-13-7-2-1-6-12(13)18(10-5-11-18)16(22)21-17-20-14-8-3-4-9-15(14)23-17/h1-4,6-9H,5,10-11H2,(H,20,21,22). The second-order valence-electron chi connectivity index (χ2n) is 5.86. The molecule has 1 saturated carbocycles. The smallest absolute Gasteiger partial charge is 0.236 e. The fourth-order valence-electron chi connectivity index (χ4n) is 3.14. The van der Waals surface area contributed by atoms with Crippen LogP contribution in [0.3, 0.4) is 0 Å². The lowest BCUT2D eigenvalue weighted by Crippen LogP contribution is -2.46. The van der Waals surface area contributed by atoms with Gasteiger partial charge in [0.2, 0.25) is 5.91 Å².